The molecule has 0 aliphatic carbocycles. The number of morpholine rings is 1. The molecule has 1 aromatic heterocycles. The number of methoxy groups -OCH3 is 2. The summed E-state index contributed by atoms with van der Waals surface area (Å²) in [6, 6.07) is 0.366. The first kappa shape index (κ1) is 14.2. The molecule has 1 saturated heterocycles. The van der Waals surface area contributed by atoms with Crippen LogP contribution in [0, 0.1) is 0 Å². The normalized spacial score (nSPS) is 20.3. The van der Waals surface area contributed by atoms with Gasteiger partial charge in [0.2, 0.25) is 0 Å². The minimum Gasteiger partial charge on any atom is -0.467 e. The van der Waals surface area contributed by atoms with Crippen LogP contribution in [-0.2, 0) is 16.2 Å². The van der Waals surface area contributed by atoms with E-state index in [1.54, 1.807) is 5.06 Å². The molecule has 1 aliphatic heterocycles. The Morgan fingerprint density at radius 3 is 2.53 bits per heavy atom. The molecule has 0 amide bonds. The van der Waals surface area contributed by atoms with Crippen LogP contribution in [0.3, 0.4) is 0 Å². The molecule has 106 valence electrons. The van der Waals surface area contributed by atoms with E-state index >= 15 is 0 Å². The Balaban J connectivity index is 1.94. The number of aromatic nitrogens is 3. The van der Waals surface area contributed by atoms with E-state index in [2.05, 4.69) is 15.0 Å². The molecule has 0 saturated carbocycles. The monoisotopic (exact) mass is 290 g/mol. The summed E-state index contributed by atoms with van der Waals surface area (Å²) in [6.07, 6.45) is 0. The largest absolute Gasteiger partial charge is 0.467 e. The highest BCUT2D eigenvalue weighted by atomic mass is 35.5. The second-order valence-corrected chi connectivity index (χ2v) is 4.15. The van der Waals surface area contributed by atoms with Gasteiger partial charge in [-0.3, -0.25) is 4.84 Å². The molecule has 2 rings (SSSR count). The average Bonchev–Trinajstić information content (AvgIpc) is 2.44. The second kappa shape index (κ2) is 6.80. The van der Waals surface area contributed by atoms with Crippen LogP contribution < -0.4 is 9.47 Å². The first-order valence-corrected chi connectivity index (χ1v) is 6.11. The van der Waals surface area contributed by atoms with Crippen molar-refractivity contribution in [2.75, 3.05) is 33.9 Å². The van der Waals surface area contributed by atoms with E-state index in [4.69, 9.17) is 30.6 Å². The van der Waals surface area contributed by atoms with Crippen molar-refractivity contribution < 1.29 is 19.0 Å². The molecule has 1 atom stereocenters. The van der Waals surface area contributed by atoms with E-state index in [1.165, 1.54) is 14.2 Å². The fourth-order valence-corrected chi connectivity index (χ4v) is 1.72. The van der Waals surface area contributed by atoms with E-state index in [-0.39, 0.29) is 24.2 Å². The van der Waals surface area contributed by atoms with Crippen LogP contribution in [0.15, 0.2) is 0 Å². The number of ether oxygens (including phenoxy) is 3. The highest BCUT2D eigenvalue weighted by Crippen LogP contribution is 2.12. The minimum absolute atomic E-state index is 0.179. The van der Waals surface area contributed by atoms with Crippen molar-refractivity contribution in [1.29, 1.82) is 0 Å². The van der Waals surface area contributed by atoms with E-state index in [1.807, 2.05) is 0 Å². The Bertz CT molecular complexity index is 400. The van der Waals surface area contributed by atoms with Crippen LogP contribution in [0.4, 0.5) is 0 Å². The Morgan fingerprint density at radius 1 is 1.26 bits per heavy atom. The first-order chi connectivity index (χ1) is 9.21. The third-order valence-corrected chi connectivity index (χ3v) is 2.63. The molecule has 1 aliphatic rings. The lowest BCUT2D eigenvalue weighted by Gasteiger charge is -2.28. The summed E-state index contributed by atoms with van der Waals surface area (Å²) in [5.74, 6) is 0.418. The predicted octanol–water partition coefficient (Wildman–Crippen LogP) is 0.217. The highest BCUT2D eigenvalue weighted by molar-refractivity contribution is 6.19. The number of nitrogens with zero attached hydrogens (tertiary/aromatic N) is 4. The van der Waals surface area contributed by atoms with Crippen molar-refractivity contribution in [1.82, 2.24) is 20.0 Å². The van der Waals surface area contributed by atoms with Gasteiger partial charge < -0.3 is 14.2 Å². The molecule has 1 aromatic rings. The zero-order valence-electron chi connectivity index (χ0n) is 10.7. The van der Waals surface area contributed by atoms with Crippen molar-refractivity contribution in [3.05, 3.63) is 5.82 Å². The summed E-state index contributed by atoms with van der Waals surface area (Å²) in [6.45, 7) is 1.83. The number of halogens is 1. The molecular weight excluding hydrogens is 276 g/mol. The second-order valence-electron chi connectivity index (χ2n) is 3.67. The van der Waals surface area contributed by atoms with E-state index in [9.17, 15) is 0 Å². The molecule has 1 unspecified atom stereocenters. The summed E-state index contributed by atoms with van der Waals surface area (Å²) in [5, 5.41) is 1.71. The fraction of sp³-hybridized carbons (Fsp3) is 0.700. The van der Waals surface area contributed by atoms with Gasteiger partial charge >= 0.3 is 12.0 Å². The van der Waals surface area contributed by atoms with Crippen molar-refractivity contribution >= 4 is 11.6 Å². The molecule has 19 heavy (non-hydrogen) atoms. The van der Waals surface area contributed by atoms with Crippen molar-refractivity contribution in [2.45, 2.75) is 12.2 Å². The standard InChI is InChI=1S/C10H15ClN4O4/c1-16-9-12-8(13-10(14-9)17-2)6-19-15-3-4-18-7(11)5-15/h7H,3-6H2,1-2H3. The predicted molar refractivity (Wildman–Crippen MR) is 64.9 cm³/mol. The summed E-state index contributed by atoms with van der Waals surface area (Å²) >= 11 is 5.86. The van der Waals surface area contributed by atoms with Crippen molar-refractivity contribution in [2.24, 2.45) is 0 Å². The van der Waals surface area contributed by atoms with Gasteiger partial charge in [-0.2, -0.15) is 15.0 Å². The van der Waals surface area contributed by atoms with Gasteiger partial charge in [0.15, 0.2) is 5.82 Å². The van der Waals surface area contributed by atoms with Crippen LogP contribution >= 0.6 is 11.6 Å². The lowest BCUT2D eigenvalue weighted by atomic mass is 10.5. The minimum atomic E-state index is -0.365. The quantitative estimate of drug-likeness (QED) is 0.713. The van der Waals surface area contributed by atoms with E-state index in [0.717, 1.165) is 0 Å². The van der Waals surface area contributed by atoms with E-state index < -0.39 is 0 Å². The first-order valence-electron chi connectivity index (χ1n) is 5.67. The SMILES string of the molecule is COc1nc(CON2CCOC(Cl)C2)nc(OC)n1. The van der Waals surface area contributed by atoms with Crippen LogP contribution in [0.5, 0.6) is 12.0 Å². The zero-order valence-corrected chi connectivity index (χ0v) is 11.5. The topological polar surface area (TPSA) is 78.8 Å². The molecular formula is C10H15ClN4O4. The Kier molecular flexibility index (Phi) is 5.08. The average molecular weight is 291 g/mol. The number of alkyl halides is 1. The third kappa shape index (κ3) is 4.13. The Hall–Kier alpha value is -1.22. The Morgan fingerprint density at radius 2 is 1.95 bits per heavy atom. The van der Waals surface area contributed by atoms with Gasteiger partial charge in [-0.15, -0.1) is 4.98 Å². The molecule has 8 nitrogen and oxygen atoms in total. The maximum absolute atomic E-state index is 5.86. The van der Waals surface area contributed by atoms with Gasteiger partial charge in [-0.05, 0) is 0 Å². The highest BCUT2D eigenvalue weighted by Gasteiger charge is 2.19. The summed E-state index contributed by atoms with van der Waals surface area (Å²) < 4.78 is 15.1. The molecule has 1 fully saturated rings. The smallest absolute Gasteiger partial charge is 0.322 e. The maximum Gasteiger partial charge on any atom is 0.322 e. The lowest BCUT2D eigenvalue weighted by molar-refractivity contribution is -0.209. The Labute approximate surface area is 115 Å². The van der Waals surface area contributed by atoms with Gasteiger partial charge in [-0.1, -0.05) is 11.6 Å². The summed E-state index contributed by atoms with van der Waals surface area (Å²) in [5.41, 5.74) is -0.365. The number of hydrogen-bond acceptors (Lipinski definition) is 8. The molecule has 0 spiro atoms. The molecule has 0 bridgehead atoms. The fourth-order valence-electron chi connectivity index (χ4n) is 1.48. The van der Waals surface area contributed by atoms with Gasteiger partial charge in [-0.25, -0.2) is 0 Å². The summed E-state index contributed by atoms with van der Waals surface area (Å²) in [7, 11) is 2.94. The molecule has 0 radical (unpaired) electrons. The van der Waals surface area contributed by atoms with Gasteiger partial charge in [0, 0.05) is 6.54 Å². The molecule has 0 N–H and O–H groups in total. The number of hydroxylamine groups is 2. The van der Waals surface area contributed by atoms with Crippen LogP contribution in [-0.4, -0.2) is 59.5 Å². The lowest BCUT2D eigenvalue weighted by Crippen LogP contribution is -2.39. The third-order valence-electron chi connectivity index (χ3n) is 2.37. The number of hydrogen-bond donors (Lipinski definition) is 0. The van der Waals surface area contributed by atoms with Gasteiger partial charge in [0.1, 0.15) is 12.2 Å². The molecule has 0 aromatic carbocycles. The van der Waals surface area contributed by atoms with Crippen LogP contribution in [0.2, 0.25) is 0 Å². The number of rotatable bonds is 5. The maximum atomic E-state index is 5.86. The molecule has 9 heteroatoms. The van der Waals surface area contributed by atoms with Gasteiger partial charge in [0.05, 0.1) is 27.4 Å². The summed E-state index contributed by atoms with van der Waals surface area (Å²) in [4.78, 5) is 17.6. The zero-order chi connectivity index (χ0) is 13.7. The van der Waals surface area contributed by atoms with Gasteiger partial charge in [0.25, 0.3) is 0 Å². The van der Waals surface area contributed by atoms with E-state index in [0.29, 0.717) is 25.5 Å². The van der Waals surface area contributed by atoms with Crippen LogP contribution in [0.1, 0.15) is 5.82 Å². The van der Waals surface area contributed by atoms with Crippen molar-refractivity contribution in [3.63, 3.8) is 0 Å². The molecule has 2 heterocycles. The van der Waals surface area contributed by atoms with Crippen molar-refractivity contribution in [3.8, 4) is 12.0 Å². The van der Waals surface area contributed by atoms with Crippen LogP contribution in [0.25, 0.3) is 0 Å².